The Kier molecular flexibility index (Phi) is 3.65. The number of hydrogen-bond donors (Lipinski definition) is 0. The summed E-state index contributed by atoms with van der Waals surface area (Å²) in [6.45, 7) is 5.70. The SMILES string of the molecule is CCCn1ccnc1-c1cn(Cc2oc3ccccc3c2C)nn1. The predicted octanol–water partition coefficient (Wildman–Crippen LogP) is 3.65. The first-order valence-corrected chi connectivity index (χ1v) is 8.15. The van der Waals surface area contributed by atoms with E-state index in [2.05, 4.69) is 39.8 Å². The molecule has 0 aliphatic heterocycles. The normalized spacial score (nSPS) is 11.4. The number of benzene rings is 1. The van der Waals surface area contributed by atoms with Crippen molar-refractivity contribution in [3.8, 4) is 11.5 Å². The van der Waals surface area contributed by atoms with E-state index >= 15 is 0 Å². The van der Waals surface area contributed by atoms with Crippen LogP contribution >= 0.6 is 0 Å². The fraction of sp³-hybridized carbons (Fsp3) is 0.278. The van der Waals surface area contributed by atoms with Gasteiger partial charge in [0.15, 0.2) is 5.82 Å². The molecule has 24 heavy (non-hydrogen) atoms. The first-order chi connectivity index (χ1) is 11.8. The second-order valence-corrected chi connectivity index (χ2v) is 5.89. The zero-order valence-electron chi connectivity index (χ0n) is 13.8. The lowest BCUT2D eigenvalue weighted by Crippen LogP contribution is -2.00. The number of aryl methyl sites for hydroxylation is 2. The van der Waals surface area contributed by atoms with Gasteiger partial charge < -0.3 is 8.98 Å². The van der Waals surface area contributed by atoms with Crippen molar-refractivity contribution in [3.05, 3.63) is 54.2 Å². The summed E-state index contributed by atoms with van der Waals surface area (Å²) in [5, 5.41) is 9.65. The molecule has 0 spiro atoms. The number of rotatable bonds is 5. The summed E-state index contributed by atoms with van der Waals surface area (Å²) in [4.78, 5) is 4.40. The second kappa shape index (κ2) is 5.96. The van der Waals surface area contributed by atoms with Crippen molar-refractivity contribution >= 4 is 11.0 Å². The molecule has 0 atom stereocenters. The van der Waals surface area contributed by atoms with Gasteiger partial charge in [0.25, 0.3) is 0 Å². The number of para-hydroxylation sites is 1. The molecule has 6 nitrogen and oxygen atoms in total. The van der Waals surface area contributed by atoms with Crippen molar-refractivity contribution in [2.24, 2.45) is 0 Å². The molecule has 0 fully saturated rings. The van der Waals surface area contributed by atoms with Gasteiger partial charge in [-0.3, -0.25) is 0 Å². The van der Waals surface area contributed by atoms with Gasteiger partial charge in [0.1, 0.15) is 23.6 Å². The molecule has 1 aromatic carbocycles. The molecule has 6 heteroatoms. The van der Waals surface area contributed by atoms with Crippen molar-refractivity contribution in [3.63, 3.8) is 0 Å². The number of hydrogen-bond acceptors (Lipinski definition) is 4. The smallest absolute Gasteiger partial charge is 0.162 e. The molecular formula is C18H19N5O. The van der Waals surface area contributed by atoms with E-state index in [0.29, 0.717) is 6.54 Å². The van der Waals surface area contributed by atoms with E-state index in [0.717, 1.165) is 46.8 Å². The molecule has 0 radical (unpaired) electrons. The average molecular weight is 321 g/mol. The third-order valence-electron chi connectivity index (χ3n) is 4.20. The number of imidazole rings is 1. The summed E-state index contributed by atoms with van der Waals surface area (Å²) >= 11 is 0. The van der Waals surface area contributed by atoms with Crippen LogP contribution in [-0.2, 0) is 13.1 Å². The lowest BCUT2D eigenvalue weighted by molar-refractivity contribution is 0.500. The van der Waals surface area contributed by atoms with Crippen molar-refractivity contribution in [2.75, 3.05) is 0 Å². The van der Waals surface area contributed by atoms with E-state index in [1.54, 1.807) is 10.9 Å². The molecule has 0 aliphatic rings. The van der Waals surface area contributed by atoms with Crippen molar-refractivity contribution in [1.82, 2.24) is 24.5 Å². The monoisotopic (exact) mass is 321 g/mol. The molecule has 0 saturated heterocycles. The maximum atomic E-state index is 5.96. The van der Waals surface area contributed by atoms with Gasteiger partial charge in [-0.05, 0) is 19.4 Å². The molecule has 4 aromatic rings. The number of fused-ring (bicyclic) bond motifs is 1. The topological polar surface area (TPSA) is 61.7 Å². The van der Waals surface area contributed by atoms with E-state index in [1.807, 2.05) is 30.6 Å². The number of aromatic nitrogens is 5. The van der Waals surface area contributed by atoms with Crippen molar-refractivity contribution in [1.29, 1.82) is 0 Å². The third-order valence-corrected chi connectivity index (χ3v) is 4.20. The minimum atomic E-state index is 0.558. The number of nitrogens with zero attached hydrogens (tertiary/aromatic N) is 5. The maximum absolute atomic E-state index is 5.96. The zero-order chi connectivity index (χ0) is 16.5. The van der Waals surface area contributed by atoms with E-state index in [-0.39, 0.29) is 0 Å². The lowest BCUT2D eigenvalue weighted by atomic mass is 10.1. The molecule has 0 saturated carbocycles. The fourth-order valence-corrected chi connectivity index (χ4v) is 2.96. The molecule has 0 unspecified atom stereocenters. The first-order valence-electron chi connectivity index (χ1n) is 8.15. The van der Waals surface area contributed by atoms with Gasteiger partial charge in [-0.1, -0.05) is 30.3 Å². The van der Waals surface area contributed by atoms with Gasteiger partial charge in [-0.2, -0.15) is 0 Å². The molecule has 4 rings (SSSR count). The van der Waals surface area contributed by atoms with Crippen LogP contribution in [0.1, 0.15) is 24.7 Å². The largest absolute Gasteiger partial charge is 0.459 e. The minimum Gasteiger partial charge on any atom is -0.459 e. The van der Waals surface area contributed by atoms with E-state index in [1.165, 1.54) is 0 Å². The highest BCUT2D eigenvalue weighted by Gasteiger charge is 2.14. The molecule has 0 aliphatic carbocycles. The summed E-state index contributed by atoms with van der Waals surface area (Å²) in [5.74, 6) is 1.76. The molecule has 0 amide bonds. The molecule has 3 heterocycles. The van der Waals surface area contributed by atoms with Crippen LogP contribution in [0.3, 0.4) is 0 Å². The Morgan fingerprint density at radius 1 is 1.21 bits per heavy atom. The van der Waals surface area contributed by atoms with Gasteiger partial charge in [0, 0.05) is 29.9 Å². The van der Waals surface area contributed by atoms with Gasteiger partial charge in [-0.25, -0.2) is 9.67 Å². The van der Waals surface area contributed by atoms with Crippen molar-refractivity contribution in [2.45, 2.75) is 33.4 Å². The molecular weight excluding hydrogens is 302 g/mol. The standard InChI is InChI=1S/C18H19N5O/c1-3-9-22-10-8-19-18(22)15-11-23(21-20-15)12-17-13(2)14-6-4-5-7-16(14)24-17/h4-8,10-11H,3,9,12H2,1-2H3. The van der Waals surface area contributed by atoms with Crippen LogP contribution in [0.5, 0.6) is 0 Å². The van der Waals surface area contributed by atoms with Gasteiger partial charge in [-0.15, -0.1) is 5.10 Å². The molecule has 3 aromatic heterocycles. The molecule has 122 valence electrons. The van der Waals surface area contributed by atoms with E-state index in [9.17, 15) is 0 Å². The van der Waals surface area contributed by atoms with Crippen LogP contribution in [0, 0.1) is 6.92 Å². The fourth-order valence-electron chi connectivity index (χ4n) is 2.96. The summed E-state index contributed by atoms with van der Waals surface area (Å²) < 4.78 is 9.85. The second-order valence-electron chi connectivity index (χ2n) is 5.89. The summed E-state index contributed by atoms with van der Waals surface area (Å²) in [6.07, 6.45) is 6.74. The van der Waals surface area contributed by atoms with Crippen LogP contribution in [0.2, 0.25) is 0 Å². The van der Waals surface area contributed by atoms with Gasteiger partial charge >= 0.3 is 0 Å². The highest BCUT2D eigenvalue weighted by Crippen LogP contribution is 2.25. The summed E-state index contributed by atoms with van der Waals surface area (Å²) in [5.41, 5.74) is 2.83. The Morgan fingerprint density at radius 3 is 2.92 bits per heavy atom. The first kappa shape index (κ1) is 14.7. The zero-order valence-corrected chi connectivity index (χ0v) is 13.8. The highest BCUT2D eigenvalue weighted by molar-refractivity contribution is 5.81. The number of furan rings is 1. The van der Waals surface area contributed by atoms with Crippen LogP contribution < -0.4 is 0 Å². The minimum absolute atomic E-state index is 0.558. The average Bonchev–Trinajstić information content (AvgIpc) is 3.29. The Labute approximate surface area is 139 Å². The summed E-state index contributed by atoms with van der Waals surface area (Å²) in [7, 11) is 0. The van der Waals surface area contributed by atoms with E-state index in [4.69, 9.17) is 4.42 Å². The predicted molar refractivity (Wildman–Crippen MR) is 91.6 cm³/mol. The van der Waals surface area contributed by atoms with E-state index < -0.39 is 0 Å². The Hall–Kier alpha value is -2.89. The Balaban J connectivity index is 1.63. The van der Waals surface area contributed by atoms with Crippen LogP contribution in [0.15, 0.2) is 47.3 Å². The third kappa shape index (κ3) is 2.50. The van der Waals surface area contributed by atoms with Gasteiger partial charge in [0.05, 0.1) is 6.20 Å². The Morgan fingerprint density at radius 2 is 2.08 bits per heavy atom. The highest BCUT2D eigenvalue weighted by atomic mass is 16.3. The molecule has 0 N–H and O–H groups in total. The maximum Gasteiger partial charge on any atom is 0.162 e. The summed E-state index contributed by atoms with van der Waals surface area (Å²) in [6, 6.07) is 8.07. The quantitative estimate of drug-likeness (QED) is 0.563. The van der Waals surface area contributed by atoms with Crippen LogP contribution in [0.25, 0.3) is 22.5 Å². The lowest BCUT2D eigenvalue weighted by Gasteiger charge is -2.02. The Bertz CT molecular complexity index is 978. The van der Waals surface area contributed by atoms with Crippen molar-refractivity contribution < 1.29 is 4.42 Å². The van der Waals surface area contributed by atoms with Crippen LogP contribution in [-0.4, -0.2) is 24.5 Å². The van der Waals surface area contributed by atoms with Gasteiger partial charge in [0.2, 0.25) is 0 Å². The molecule has 0 bridgehead atoms. The van der Waals surface area contributed by atoms with Crippen LogP contribution in [0.4, 0.5) is 0 Å².